The highest BCUT2D eigenvalue weighted by molar-refractivity contribution is 5.42. The lowest BCUT2D eigenvalue weighted by Crippen LogP contribution is -2.25. The van der Waals surface area contributed by atoms with Gasteiger partial charge in [0, 0.05) is 17.8 Å². The summed E-state index contributed by atoms with van der Waals surface area (Å²) in [7, 11) is 1.70. The topological polar surface area (TPSA) is 60.2 Å². The molecule has 0 amide bonds. The summed E-state index contributed by atoms with van der Waals surface area (Å²) >= 11 is 0. The van der Waals surface area contributed by atoms with Crippen molar-refractivity contribution < 1.29 is 4.74 Å². The minimum absolute atomic E-state index is 0.160. The van der Waals surface area contributed by atoms with Crippen molar-refractivity contribution in [3.8, 4) is 5.75 Å². The normalized spacial score (nSPS) is 12.1. The first-order chi connectivity index (χ1) is 10.3. The maximum absolute atomic E-state index is 5.98. The predicted molar refractivity (Wildman–Crippen MR) is 86.4 cm³/mol. The second-order valence-electron chi connectivity index (χ2n) is 5.00. The summed E-state index contributed by atoms with van der Waals surface area (Å²) in [6.45, 7) is 3.10. The lowest BCUT2D eigenvalue weighted by Gasteiger charge is -2.21. The molecule has 1 aromatic carbocycles. The van der Waals surface area contributed by atoms with E-state index in [-0.39, 0.29) is 6.04 Å². The molecule has 112 valence electrons. The van der Waals surface area contributed by atoms with Gasteiger partial charge in [0.2, 0.25) is 0 Å². The van der Waals surface area contributed by atoms with Gasteiger partial charge >= 0.3 is 0 Å². The van der Waals surface area contributed by atoms with Crippen molar-refractivity contribution in [2.45, 2.75) is 25.8 Å². The van der Waals surface area contributed by atoms with E-state index < -0.39 is 0 Å². The molecule has 1 heterocycles. The van der Waals surface area contributed by atoms with Crippen LogP contribution in [0.4, 0.5) is 5.82 Å². The van der Waals surface area contributed by atoms with E-state index in [2.05, 4.69) is 23.3 Å². The first-order valence-corrected chi connectivity index (χ1v) is 7.32. The van der Waals surface area contributed by atoms with Gasteiger partial charge in [0.25, 0.3) is 0 Å². The highest BCUT2D eigenvalue weighted by Crippen LogP contribution is 2.28. The number of methoxy groups -OCH3 is 1. The third kappa shape index (κ3) is 3.95. The van der Waals surface area contributed by atoms with E-state index in [9.17, 15) is 0 Å². The fraction of sp³-hybridized carbons (Fsp3) is 0.353. The molecule has 21 heavy (non-hydrogen) atoms. The number of ether oxygens (including phenoxy) is 1. The van der Waals surface area contributed by atoms with Gasteiger partial charge in [-0.1, -0.05) is 31.2 Å². The van der Waals surface area contributed by atoms with Crippen LogP contribution in [0.15, 0.2) is 42.6 Å². The molecule has 4 nitrogen and oxygen atoms in total. The van der Waals surface area contributed by atoms with Gasteiger partial charge in [-0.3, -0.25) is 0 Å². The van der Waals surface area contributed by atoms with Gasteiger partial charge in [0.15, 0.2) is 0 Å². The number of nitrogens with one attached hydrogen (secondary N) is 1. The van der Waals surface area contributed by atoms with E-state index in [1.165, 1.54) is 0 Å². The zero-order valence-electron chi connectivity index (χ0n) is 12.7. The van der Waals surface area contributed by atoms with Crippen LogP contribution in [0, 0.1) is 0 Å². The zero-order chi connectivity index (χ0) is 15.1. The molecule has 0 bridgehead atoms. The number of para-hydroxylation sites is 1. The fourth-order valence-electron chi connectivity index (χ4n) is 2.41. The van der Waals surface area contributed by atoms with Gasteiger partial charge in [0.1, 0.15) is 11.6 Å². The maximum Gasteiger partial charge on any atom is 0.126 e. The van der Waals surface area contributed by atoms with Crippen molar-refractivity contribution in [3.05, 3.63) is 53.7 Å². The molecule has 1 aromatic heterocycles. The minimum Gasteiger partial charge on any atom is -0.496 e. The summed E-state index contributed by atoms with van der Waals surface area (Å²) in [5.74, 6) is 1.49. The second-order valence-corrected chi connectivity index (χ2v) is 5.00. The molecule has 2 aromatic rings. The van der Waals surface area contributed by atoms with Crippen LogP contribution < -0.4 is 15.8 Å². The first kappa shape index (κ1) is 15.3. The number of nitrogens with two attached hydrogens (primary N) is 1. The van der Waals surface area contributed by atoms with Crippen LogP contribution in [0.25, 0.3) is 0 Å². The van der Waals surface area contributed by atoms with Crippen LogP contribution in [0.1, 0.15) is 30.5 Å². The van der Waals surface area contributed by atoms with E-state index in [1.54, 1.807) is 13.3 Å². The molecule has 0 aliphatic rings. The minimum atomic E-state index is 0.160. The van der Waals surface area contributed by atoms with Crippen molar-refractivity contribution in [1.29, 1.82) is 0 Å². The Labute approximate surface area is 126 Å². The lowest BCUT2D eigenvalue weighted by molar-refractivity contribution is 0.398. The van der Waals surface area contributed by atoms with E-state index in [0.717, 1.165) is 36.3 Å². The number of aromatic nitrogens is 1. The Morgan fingerprint density at radius 1 is 1.24 bits per heavy atom. The van der Waals surface area contributed by atoms with Gasteiger partial charge in [-0.15, -0.1) is 0 Å². The molecule has 3 N–H and O–H groups in total. The Hall–Kier alpha value is -2.07. The summed E-state index contributed by atoms with van der Waals surface area (Å²) in [5, 5.41) is 3.57. The van der Waals surface area contributed by atoms with Gasteiger partial charge in [-0.2, -0.15) is 0 Å². The number of nitrogens with zero attached hydrogens (tertiary/aromatic N) is 1. The maximum atomic E-state index is 5.98. The Balaban J connectivity index is 2.28. The number of anilines is 1. The average molecular weight is 285 g/mol. The van der Waals surface area contributed by atoms with Crippen LogP contribution >= 0.6 is 0 Å². The van der Waals surface area contributed by atoms with Crippen LogP contribution in [-0.4, -0.2) is 18.6 Å². The van der Waals surface area contributed by atoms with E-state index >= 15 is 0 Å². The molecule has 4 heteroatoms. The number of rotatable bonds is 7. The predicted octanol–water partition coefficient (Wildman–Crippen LogP) is 2.96. The van der Waals surface area contributed by atoms with Gasteiger partial charge < -0.3 is 15.8 Å². The Morgan fingerprint density at radius 3 is 2.76 bits per heavy atom. The monoisotopic (exact) mass is 285 g/mol. The molecule has 1 unspecified atom stereocenters. The highest BCUT2D eigenvalue weighted by atomic mass is 16.5. The molecule has 0 fully saturated rings. The van der Waals surface area contributed by atoms with Gasteiger partial charge in [-0.25, -0.2) is 4.98 Å². The van der Waals surface area contributed by atoms with E-state index in [1.807, 2.05) is 30.3 Å². The molecule has 0 saturated heterocycles. The molecule has 0 radical (unpaired) electrons. The van der Waals surface area contributed by atoms with Gasteiger partial charge in [-0.05, 0) is 37.1 Å². The SMILES string of the molecule is CCCNC(Cc1cccnc1N)c1ccccc1OC. The van der Waals surface area contributed by atoms with Crippen molar-refractivity contribution in [3.63, 3.8) is 0 Å². The lowest BCUT2D eigenvalue weighted by atomic mass is 9.98. The fourth-order valence-corrected chi connectivity index (χ4v) is 2.41. The zero-order valence-corrected chi connectivity index (χ0v) is 12.7. The standard InChI is InChI=1S/C17H23N3O/c1-3-10-19-15(12-13-7-6-11-20-17(13)18)14-8-4-5-9-16(14)21-2/h4-9,11,15,19H,3,10,12H2,1-2H3,(H2,18,20). The number of hydrogen-bond donors (Lipinski definition) is 2. The van der Waals surface area contributed by atoms with Crippen LogP contribution in [0.5, 0.6) is 5.75 Å². The quantitative estimate of drug-likeness (QED) is 0.821. The van der Waals surface area contributed by atoms with Crippen LogP contribution in [0.3, 0.4) is 0 Å². The van der Waals surface area contributed by atoms with E-state index in [0.29, 0.717) is 5.82 Å². The summed E-state index contributed by atoms with van der Waals surface area (Å²) in [5.41, 5.74) is 8.18. The Kier molecular flexibility index (Phi) is 5.58. The molecular formula is C17H23N3O. The van der Waals surface area contributed by atoms with E-state index in [4.69, 9.17) is 10.5 Å². The number of pyridine rings is 1. The van der Waals surface area contributed by atoms with Crippen LogP contribution in [-0.2, 0) is 6.42 Å². The summed E-state index contributed by atoms with van der Waals surface area (Å²) in [6.07, 6.45) is 3.59. The molecule has 0 spiro atoms. The summed E-state index contributed by atoms with van der Waals surface area (Å²) in [6, 6.07) is 12.2. The Morgan fingerprint density at radius 2 is 2.05 bits per heavy atom. The summed E-state index contributed by atoms with van der Waals surface area (Å²) < 4.78 is 5.49. The molecular weight excluding hydrogens is 262 g/mol. The van der Waals surface area contributed by atoms with Crippen molar-refractivity contribution in [1.82, 2.24) is 10.3 Å². The number of nitrogen functional groups attached to an aromatic ring is 1. The van der Waals surface area contributed by atoms with Gasteiger partial charge in [0.05, 0.1) is 7.11 Å². The highest BCUT2D eigenvalue weighted by Gasteiger charge is 2.17. The average Bonchev–Trinajstić information content (AvgIpc) is 2.53. The number of hydrogen-bond acceptors (Lipinski definition) is 4. The Bertz CT molecular complexity index is 571. The number of benzene rings is 1. The van der Waals surface area contributed by atoms with Crippen molar-refractivity contribution in [2.24, 2.45) is 0 Å². The summed E-state index contributed by atoms with van der Waals surface area (Å²) in [4.78, 5) is 4.17. The first-order valence-electron chi connectivity index (χ1n) is 7.32. The smallest absolute Gasteiger partial charge is 0.126 e. The van der Waals surface area contributed by atoms with Crippen LogP contribution in [0.2, 0.25) is 0 Å². The molecule has 0 aliphatic heterocycles. The largest absolute Gasteiger partial charge is 0.496 e. The third-order valence-electron chi connectivity index (χ3n) is 3.51. The molecule has 0 saturated carbocycles. The van der Waals surface area contributed by atoms with Crippen molar-refractivity contribution in [2.75, 3.05) is 19.4 Å². The molecule has 2 rings (SSSR count). The molecule has 1 atom stereocenters. The molecule has 0 aliphatic carbocycles. The second kappa shape index (κ2) is 7.64. The van der Waals surface area contributed by atoms with Crippen molar-refractivity contribution >= 4 is 5.82 Å². The third-order valence-corrected chi connectivity index (χ3v) is 3.51.